The van der Waals surface area contributed by atoms with Gasteiger partial charge in [-0.05, 0) is 36.6 Å². The number of hydrogen-bond donors (Lipinski definition) is 2. The normalized spacial score (nSPS) is 16.8. The second-order valence-electron chi connectivity index (χ2n) is 6.16. The van der Waals surface area contributed by atoms with Gasteiger partial charge in [0.25, 0.3) is 5.91 Å². The van der Waals surface area contributed by atoms with Crippen molar-refractivity contribution < 1.29 is 9.59 Å². The fourth-order valence-electron chi connectivity index (χ4n) is 2.71. The zero-order valence-corrected chi connectivity index (χ0v) is 14.4. The zero-order valence-electron chi connectivity index (χ0n) is 14.4. The SMILES string of the molecule is CCc1ccc([C@@H]2CC(=O)NC(NC(=O)c3ccc(C)cc3)=N2)cc1. The summed E-state index contributed by atoms with van der Waals surface area (Å²) in [5.74, 6) is -0.244. The number of carbonyl (C=O) groups is 2. The number of carbonyl (C=O) groups excluding carboxylic acids is 2. The molecule has 0 bridgehead atoms. The van der Waals surface area contributed by atoms with Gasteiger partial charge in [-0.1, -0.05) is 48.9 Å². The number of amides is 2. The maximum absolute atomic E-state index is 12.3. The lowest BCUT2D eigenvalue weighted by Crippen LogP contribution is -2.47. The molecule has 1 aliphatic heterocycles. The highest BCUT2D eigenvalue weighted by molar-refractivity contribution is 6.10. The fraction of sp³-hybridized carbons (Fsp3) is 0.250. The highest BCUT2D eigenvalue weighted by Crippen LogP contribution is 2.24. The molecular formula is C20H21N3O2. The molecule has 0 saturated heterocycles. The third-order valence-corrected chi connectivity index (χ3v) is 4.24. The predicted octanol–water partition coefficient (Wildman–Crippen LogP) is 2.90. The summed E-state index contributed by atoms with van der Waals surface area (Å²) in [6.45, 7) is 4.06. The van der Waals surface area contributed by atoms with Crippen molar-refractivity contribution in [1.82, 2.24) is 10.6 Å². The molecule has 0 saturated carbocycles. The maximum Gasteiger partial charge on any atom is 0.257 e. The van der Waals surface area contributed by atoms with Crippen molar-refractivity contribution in [2.45, 2.75) is 32.7 Å². The number of rotatable bonds is 3. The van der Waals surface area contributed by atoms with Crippen molar-refractivity contribution in [2.24, 2.45) is 4.99 Å². The van der Waals surface area contributed by atoms with Crippen molar-refractivity contribution in [3.8, 4) is 0 Å². The first-order valence-electron chi connectivity index (χ1n) is 8.39. The van der Waals surface area contributed by atoms with Gasteiger partial charge in [0.2, 0.25) is 11.9 Å². The fourth-order valence-corrected chi connectivity index (χ4v) is 2.71. The smallest absolute Gasteiger partial charge is 0.257 e. The Bertz CT molecular complexity index is 808. The molecule has 0 spiro atoms. The third kappa shape index (κ3) is 4.12. The molecule has 1 heterocycles. The van der Waals surface area contributed by atoms with Gasteiger partial charge in [-0.25, -0.2) is 4.99 Å². The minimum Gasteiger partial charge on any atom is -0.296 e. The second-order valence-corrected chi connectivity index (χ2v) is 6.16. The van der Waals surface area contributed by atoms with E-state index < -0.39 is 0 Å². The monoisotopic (exact) mass is 335 g/mol. The lowest BCUT2D eigenvalue weighted by molar-refractivity contribution is -0.120. The number of nitrogens with one attached hydrogen (secondary N) is 2. The van der Waals surface area contributed by atoms with Crippen LogP contribution in [0.15, 0.2) is 53.5 Å². The van der Waals surface area contributed by atoms with Crippen LogP contribution in [-0.4, -0.2) is 17.8 Å². The highest BCUT2D eigenvalue weighted by Gasteiger charge is 2.23. The first-order chi connectivity index (χ1) is 12.0. The van der Waals surface area contributed by atoms with E-state index in [9.17, 15) is 9.59 Å². The van der Waals surface area contributed by atoms with Crippen LogP contribution in [-0.2, 0) is 11.2 Å². The minimum absolute atomic E-state index is 0.154. The predicted molar refractivity (Wildman–Crippen MR) is 97.4 cm³/mol. The Hall–Kier alpha value is -2.95. The average molecular weight is 335 g/mol. The largest absolute Gasteiger partial charge is 0.296 e. The Morgan fingerprint density at radius 1 is 1.16 bits per heavy atom. The Labute approximate surface area is 147 Å². The van der Waals surface area contributed by atoms with Gasteiger partial charge in [-0.15, -0.1) is 0 Å². The number of hydrogen-bond acceptors (Lipinski definition) is 3. The first kappa shape index (κ1) is 16.9. The number of guanidine groups is 1. The molecule has 3 rings (SSSR count). The quantitative estimate of drug-likeness (QED) is 0.905. The number of aliphatic imine (C=N–C) groups is 1. The van der Waals surface area contributed by atoms with Gasteiger partial charge in [0.1, 0.15) is 0 Å². The molecule has 25 heavy (non-hydrogen) atoms. The van der Waals surface area contributed by atoms with Crippen LogP contribution >= 0.6 is 0 Å². The molecule has 5 nitrogen and oxygen atoms in total. The topological polar surface area (TPSA) is 70.6 Å². The van der Waals surface area contributed by atoms with Crippen molar-refractivity contribution in [3.63, 3.8) is 0 Å². The van der Waals surface area contributed by atoms with Gasteiger partial charge in [-0.2, -0.15) is 0 Å². The van der Waals surface area contributed by atoms with Crippen LogP contribution in [0.4, 0.5) is 0 Å². The number of aryl methyl sites for hydroxylation is 2. The zero-order chi connectivity index (χ0) is 17.8. The summed E-state index contributed by atoms with van der Waals surface area (Å²) in [4.78, 5) is 28.8. The molecular weight excluding hydrogens is 314 g/mol. The summed E-state index contributed by atoms with van der Waals surface area (Å²) >= 11 is 0. The van der Waals surface area contributed by atoms with E-state index in [1.165, 1.54) is 5.56 Å². The van der Waals surface area contributed by atoms with Crippen molar-refractivity contribution in [3.05, 3.63) is 70.8 Å². The summed E-state index contributed by atoms with van der Waals surface area (Å²) in [6.07, 6.45) is 1.24. The Morgan fingerprint density at radius 2 is 1.84 bits per heavy atom. The van der Waals surface area contributed by atoms with Crippen LogP contribution in [0.25, 0.3) is 0 Å². The van der Waals surface area contributed by atoms with Crippen LogP contribution in [0.3, 0.4) is 0 Å². The maximum atomic E-state index is 12.3. The average Bonchev–Trinajstić information content (AvgIpc) is 2.62. The molecule has 0 aromatic heterocycles. The number of benzene rings is 2. The summed E-state index contributed by atoms with van der Waals surface area (Å²) in [5.41, 5.74) is 3.81. The lowest BCUT2D eigenvalue weighted by atomic mass is 10.0. The molecule has 0 aliphatic carbocycles. The second kappa shape index (κ2) is 7.30. The van der Waals surface area contributed by atoms with Gasteiger partial charge in [0.05, 0.1) is 12.5 Å². The van der Waals surface area contributed by atoms with Crippen LogP contribution in [0, 0.1) is 6.92 Å². The summed E-state index contributed by atoms with van der Waals surface area (Å²) in [5, 5.41) is 5.32. The van der Waals surface area contributed by atoms with Crippen molar-refractivity contribution in [2.75, 3.05) is 0 Å². The molecule has 2 aromatic carbocycles. The van der Waals surface area contributed by atoms with Crippen LogP contribution in [0.1, 0.15) is 46.4 Å². The van der Waals surface area contributed by atoms with Gasteiger partial charge < -0.3 is 0 Å². The number of nitrogens with zero attached hydrogens (tertiary/aromatic N) is 1. The third-order valence-electron chi connectivity index (χ3n) is 4.24. The van der Waals surface area contributed by atoms with Gasteiger partial charge in [0, 0.05) is 5.56 Å². The molecule has 1 atom stereocenters. The van der Waals surface area contributed by atoms with Gasteiger partial charge in [0.15, 0.2) is 0 Å². The molecule has 0 unspecified atom stereocenters. The van der Waals surface area contributed by atoms with E-state index in [1.54, 1.807) is 12.1 Å². The minimum atomic E-state index is -0.291. The van der Waals surface area contributed by atoms with E-state index in [4.69, 9.17) is 0 Å². The van der Waals surface area contributed by atoms with E-state index in [0.717, 1.165) is 17.5 Å². The Balaban J connectivity index is 1.77. The van der Waals surface area contributed by atoms with E-state index in [1.807, 2.05) is 43.3 Å². The van der Waals surface area contributed by atoms with Crippen LogP contribution in [0.2, 0.25) is 0 Å². The summed E-state index contributed by atoms with van der Waals surface area (Å²) in [6, 6.07) is 15.0. The van der Waals surface area contributed by atoms with Crippen molar-refractivity contribution >= 4 is 17.8 Å². The molecule has 0 fully saturated rings. The molecule has 2 aromatic rings. The van der Waals surface area contributed by atoms with Gasteiger partial charge >= 0.3 is 0 Å². The van der Waals surface area contributed by atoms with Gasteiger partial charge in [-0.3, -0.25) is 20.2 Å². The molecule has 5 heteroatoms. The molecule has 2 N–H and O–H groups in total. The van der Waals surface area contributed by atoms with E-state index in [-0.39, 0.29) is 30.2 Å². The standard InChI is InChI=1S/C20H21N3O2/c1-3-14-6-10-15(11-7-14)17-12-18(24)22-20(21-17)23-19(25)16-8-4-13(2)5-9-16/h4-11,17H,3,12H2,1-2H3,(H2,21,22,23,24,25)/t17-/m0/s1. The molecule has 2 amide bonds. The summed E-state index contributed by atoms with van der Waals surface area (Å²) < 4.78 is 0. The highest BCUT2D eigenvalue weighted by atomic mass is 16.2. The lowest BCUT2D eigenvalue weighted by Gasteiger charge is -2.21. The summed E-state index contributed by atoms with van der Waals surface area (Å²) in [7, 11) is 0. The first-order valence-corrected chi connectivity index (χ1v) is 8.39. The molecule has 0 radical (unpaired) electrons. The van der Waals surface area contributed by atoms with E-state index in [0.29, 0.717) is 5.56 Å². The van der Waals surface area contributed by atoms with Crippen LogP contribution < -0.4 is 10.6 Å². The molecule has 128 valence electrons. The Kier molecular flexibility index (Phi) is 4.93. The van der Waals surface area contributed by atoms with Crippen LogP contribution in [0.5, 0.6) is 0 Å². The molecule has 1 aliphatic rings. The van der Waals surface area contributed by atoms with E-state index >= 15 is 0 Å². The van der Waals surface area contributed by atoms with E-state index in [2.05, 4.69) is 22.5 Å². The van der Waals surface area contributed by atoms with Crippen molar-refractivity contribution in [1.29, 1.82) is 0 Å². The Morgan fingerprint density at radius 3 is 2.48 bits per heavy atom.